The molecule has 2 amide bonds. The van der Waals surface area contributed by atoms with E-state index in [1.165, 1.54) is 12.1 Å². The van der Waals surface area contributed by atoms with E-state index in [1.54, 1.807) is 12.1 Å². The number of hydrogen-bond donors (Lipinski definition) is 1. The van der Waals surface area contributed by atoms with Crippen LogP contribution in [-0.2, 0) is 6.42 Å². The molecule has 9 heteroatoms. The Morgan fingerprint density at radius 2 is 1.76 bits per heavy atom. The first-order valence-electron chi connectivity index (χ1n) is 11.6. The normalized spacial score (nSPS) is 15.0. The van der Waals surface area contributed by atoms with Gasteiger partial charge in [-0.05, 0) is 32.8 Å². The smallest absolute Gasteiger partial charge is 0.317 e. The molecular weight excluding hydrogens is 420 g/mol. The van der Waals surface area contributed by atoms with Crippen molar-refractivity contribution in [3.63, 3.8) is 0 Å². The van der Waals surface area contributed by atoms with Crippen LogP contribution in [0.4, 0.5) is 16.3 Å². The minimum Gasteiger partial charge on any atom is -0.353 e. The van der Waals surface area contributed by atoms with Crippen LogP contribution >= 0.6 is 0 Å². The SMILES string of the molecule is CCC(C)c1nc(C)c(Cc2ccc([N+](=O)[O-])cc2)c(N2CCN(C(=O)NC(C)C)CC2)n1. The quantitative estimate of drug-likeness (QED) is 0.500. The topological polar surface area (TPSA) is 105 Å². The molecule has 9 nitrogen and oxygen atoms in total. The summed E-state index contributed by atoms with van der Waals surface area (Å²) in [5, 5.41) is 14.0. The Labute approximate surface area is 195 Å². The van der Waals surface area contributed by atoms with Crippen molar-refractivity contribution in [2.45, 2.75) is 59.4 Å². The lowest BCUT2D eigenvalue weighted by atomic mass is 10.0. The van der Waals surface area contributed by atoms with E-state index in [2.05, 4.69) is 24.1 Å². The van der Waals surface area contributed by atoms with Gasteiger partial charge in [-0.3, -0.25) is 10.1 Å². The zero-order chi connectivity index (χ0) is 24.1. The second-order valence-electron chi connectivity index (χ2n) is 8.96. The maximum absolute atomic E-state index is 12.4. The lowest BCUT2D eigenvalue weighted by molar-refractivity contribution is -0.384. The number of nitro groups is 1. The molecule has 1 atom stereocenters. The number of amides is 2. The molecule has 1 aromatic heterocycles. The predicted octanol–water partition coefficient (Wildman–Crippen LogP) is 4.04. The molecule has 2 aromatic rings. The number of nitrogens with one attached hydrogen (secondary N) is 1. The Morgan fingerprint density at radius 3 is 2.30 bits per heavy atom. The number of hydrogen-bond acceptors (Lipinski definition) is 6. The third-order valence-corrected chi connectivity index (χ3v) is 6.07. The van der Waals surface area contributed by atoms with Crippen molar-refractivity contribution in [2.75, 3.05) is 31.1 Å². The van der Waals surface area contributed by atoms with E-state index in [9.17, 15) is 14.9 Å². The van der Waals surface area contributed by atoms with Crippen LogP contribution in [0.2, 0.25) is 0 Å². The fourth-order valence-electron chi connectivity index (χ4n) is 3.87. The monoisotopic (exact) mass is 454 g/mol. The molecule has 0 spiro atoms. The first-order valence-corrected chi connectivity index (χ1v) is 11.6. The molecule has 1 aromatic carbocycles. The summed E-state index contributed by atoms with van der Waals surface area (Å²) in [5.41, 5.74) is 3.00. The van der Waals surface area contributed by atoms with Crippen molar-refractivity contribution in [1.29, 1.82) is 0 Å². The average Bonchev–Trinajstić information content (AvgIpc) is 2.79. The number of benzene rings is 1. The van der Waals surface area contributed by atoms with Crippen LogP contribution in [0.1, 0.15) is 62.7 Å². The maximum atomic E-state index is 12.4. The highest BCUT2D eigenvalue weighted by Gasteiger charge is 2.26. The Balaban J connectivity index is 1.88. The summed E-state index contributed by atoms with van der Waals surface area (Å²) in [5.74, 6) is 1.98. The molecule has 178 valence electrons. The number of non-ortho nitro benzene ring substituents is 1. The van der Waals surface area contributed by atoms with Gasteiger partial charge in [-0.25, -0.2) is 14.8 Å². The Morgan fingerprint density at radius 1 is 1.12 bits per heavy atom. The predicted molar refractivity (Wildman–Crippen MR) is 129 cm³/mol. The van der Waals surface area contributed by atoms with Gasteiger partial charge in [0.1, 0.15) is 11.6 Å². The van der Waals surface area contributed by atoms with E-state index in [4.69, 9.17) is 9.97 Å². The van der Waals surface area contributed by atoms with Crippen LogP contribution < -0.4 is 10.2 Å². The van der Waals surface area contributed by atoms with Crippen molar-refractivity contribution in [1.82, 2.24) is 20.2 Å². The number of anilines is 1. The summed E-state index contributed by atoms with van der Waals surface area (Å²) >= 11 is 0. The molecule has 3 rings (SSSR count). The van der Waals surface area contributed by atoms with E-state index in [-0.39, 0.29) is 28.6 Å². The number of rotatable bonds is 7. The van der Waals surface area contributed by atoms with Gasteiger partial charge in [-0.2, -0.15) is 0 Å². The molecule has 0 aliphatic carbocycles. The number of aromatic nitrogens is 2. The highest BCUT2D eigenvalue weighted by Crippen LogP contribution is 2.28. The molecule has 0 saturated carbocycles. The standard InChI is InChI=1S/C24H34N6O3/c1-6-17(4)22-26-18(5)21(15-19-7-9-20(10-8-19)30(32)33)23(27-22)28-11-13-29(14-12-28)24(31)25-16(2)3/h7-10,16-17H,6,11-15H2,1-5H3,(H,25,31). The first-order chi connectivity index (χ1) is 15.7. The summed E-state index contributed by atoms with van der Waals surface area (Å²) < 4.78 is 0. The van der Waals surface area contributed by atoms with Crippen LogP contribution in [0.15, 0.2) is 24.3 Å². The molecule has 2 heterocycles. The molecule has 0 radical (unpaired) electrons. The van der Waals surface area contributed by atoms with Gasteiger partial charge >= 0.3 is 6.03 Å². The average molecular weight is 455 g/mol. The summed E-state index contributed by atoms with van der Waals surface area (Å²) in [7, 11) is 0. The number of urea groups is 1. The van der Waals surface area contributed by atoms with Gasteiger partial charge in [-0.15, -0.1) is 0 Å². The van der Waals surface area contributed by atoms with Crippen molar-refractivity contribution in [2.24, 2.45) is 0 Å². The highest BCUT2D eigenvalue weighted by atomic mass is 16.6. The summed E-state index contributed by atoms with van der Waals surface area (Å²) in [4.78, 5) is 36.9. The Bertz CT molecular complexity index is 984. The minimum absolute atomic E-state index is 0.0325. The van der Waals surface area contributed by atoms with Crippen molar-refractivity contribution in [3.8, 4) is 0 Å². The van der Waals surface area contributed by atoms with Gasteiger partial charge in [0.05, 0.1) is 4.92 Å². The lowest BCUT2D eigenvalue weighted by Crippen LogP contribution is -2.53. The molecule has 1 fully saturated rings. The van der Waals surface area contributed by atoms with E-state index in [1.807, 2.05) is 25.7 Å². The second-order valence-corrected chi connectivity index (χ2v) is 8.96. The highest BCUT2D eigenvalue weighted by molar-refractivity contribution is 5.74. The van der Waals surface area contributed by atoms with E-state index in [0.717, 1.165) is 34.9 Å². The summed E-state index contributed by atoms with van der Waals surface area (Å²) in [6.07, 6.45) is 1.54. The summed E-state index contributed by atoms with van der Waals surface area (Å²) in [6, 6.07) is 6.72. The molecule has 1 N–H and O–H groups in total. The summed E-state index contributed by atoms with van der Waals surface area (Å²) in [6.45, 7) is 12.8. The van der Waals surface area contributed by atoms with Gasteiger partial charge in [0.25, 0.3) is 5.69 Å². The van der Waals surface area contributed by atoms with Crippen LogP contribution in [0.5, 0.6) is 0 Å². The fraction of sp³-hybridized carbons (Fsp3) is 0.542. The lowest BCUT2D eigenvalue weighted by Gasteiger charge is -2.37. The zero-order valence-corrected chi connectivity index (χ0v) is 20.2. The van der Waals surface area contributed by atoms with Gasteiger partial charge in [-0.1, -0.05) is 26.0 Å². The maximum Gasteiger partial charge on any atom is 0.317 e. The number of aryl methyl sites for hydroxylation is 1. The zero-order valence-electron chi connectivity index (χ0n) is 20.2. The van der Waals surface area contributed by atoms with Crippen LogP contribution in [-0.4, -0.2) is 58.0 Å². The molecule has 0 bridgehead atoms. The number of nitrogens with zero attached hydrogens (tertiary/aromatic N) is 5. The number of piperazine rings is 1. The van der Waals surface area contributed by atoms with Gasteiger partial charge in [0.15, 0.2) is 0 Å². The fourth-order valence-corrected chi connectivity index (χ4v) is 3.87. The third-order valence-electron chi connectivity index (χ3n) is 6.07. The van der Waals surface area contributed by atoms with Gasteiger partial charge in [0.2, 0.25) is 0 Å². The Hall–Kier alpha value is -3.23. The van der Waals surface area contributed by atoms with Crippen LogP contribution in [0.25, 0.3) is 0 Å². The molecule has 1 saturated heterocycles. The van der Waals surface area contributed by atoms with E-state index < -0.39 is 0 Å². The minimum atomic E-state index is -0.389. The largest absolute Gasteiger partial charge is 0.353 e. The van der Waals surface area contributed by atoms with E-state index >= 15 is 0 Å². The van der Waals surface area contributed by atoms with E-state index in [0.29, 0.717) is 32.6 Å². The number of carbonyl (C=O) groups excluding carboxylic acids is 1. The number of nitro benzene ring substituents is 1. The molecular formula is C24H34N6O3. The molecule has 1 aliphatic rings. The molecule has 1 aliphatic heterocycles. The third kappa shape index (κ3) is 5.97. The molecule has 33 heavy (non-hydrogen) atoms. The van der Waals surface area contributed by atoms with Gasteiger partial charge in [0, 0.05) is 67.9 Å². The number of carbonyl (C=O) groups is 1. The van der Waals surface area contributed by atoms with Crippen LogP contribution in [0, 0.1) is 17.0 Å². The van der Waals surface area contributed by atoms with Crippen LogP contribution in [0.3, 0.4) is 0 Å². The second kappa shape index (κ2) is 10.6. The molecule has 1 unspecified atom stereocenters. The first kappa shape index (κ1) is 24.4. The Kier molecular flexibility index (Phi) is 7.84. The van der Waals surface area contributed by atoms with Gasteiger partial charge < -0.3 is 15.1 Å². The van der Waals surface area contributed by atoms with Crippen molar-refractivity contribution >= 4 is 17.5 Å². The van der Waals surface area contributed by atoms with Crippen molar-refractivity contribution < 1.29 is 9.72 Å². The van der Waals surface area contributed by atoms with Crippen molar-refractivity contribution in [3.05, 3.63) is 57.0 Å².